The molecule has 0 aromatic heterocycles. The third-order valence-corrected chi connectivity index (χ3v) is 2.58. The van der Waals surface area contributed by atoms with Crippen LogP contribution in [0.4, 0.5) is 0 Å². The highest BCUT2D eigenvalue weighted by atomic mass is 16.5. The van der Waals surface area contributed by atoms with Gasteiger partial charge in [-0.2, -0.15) is 0 Å². The van der Waals surface area contributed by atoms with E-state index in [1.165, 1.54) is 26.4 Å². The minimum atomic E-state index is -0.283. The van der Waals surface area contributed by atoms with Gasteiger partial charge in [0, 0.05) is 13.0 Å². The molecule has 14 heavy (non-hydrogen) atoms. The molecule has 0 heterocycles. The maximum atomic E-state index is 11.3. The summed E-state index contributed by atoms with van der Waals surface area (Å²) in [6.45, 7) is 0.387. The average Bonchev–Trinajstić information content (AvgIpc) is 2.11. The van der Waals surface area contributed by atoms with Gasteiger partial charge in [-0.15, -0.1) is 0 Å². The van der Waals surface area contributed by atoms with Gasteiger partial charge in [0.15, 0.2) is 0 Å². The Morgan fingerprint density at radius 3 is 2.64 bits per heavy atom. The number of rotatable bonds is 5. The molecule has 1 N–H and O–H groups in total. The molecule has 0 bridgehead atoms. The summed E-state index contributed by atoms with van der Waals surface area (Å²) in [7, 11) is 1.35. The van der Waals surface area contributed by atoms with Gasteiger partial charge in [-0.05, 0) is 18.8 Å². The van der Waals surface area contributed by atoms with Gasteiger partial charge in [0.1, 0.15) is 0 Å². The predicted octanol–water partition coefficient (Wildman–Crippen LogP) is 0.856. The van der Waals surface area contributed by atoms with Crippen molar-refractivity contribution in [2.45, 2.75) is 32.1 Å². The van der Waals surface area contributed by atoms with Crippen molar-refractivity contribution in [2.24, 2.45) is 5.92 Å². The second-order valence-electron chi connectivity index (χ2n) is 3.68. The van der Waals surface area contributed by atoms with E-state index in [2.05, 4.69) is 10.1 Å². The van der Waals surface area contributed by atoms with Crippen LogP contribution in [0.1, 0.15) is 32.1 Å². The fourth-order valence-electron chi connectivity index (χ4n) is 1.44. The Kier molecular flexibility index (Phi) is 4.43. The Balaban J connectivity index is 1.99. The molecule has 1 aliphatic rings. The SMILES string of the molecule is COC(=O)CCNC(=O)CC1CCC1. The summed E-state index contributed by atoms with van der Waals surface area (Å²) < 4.78 is 4.46. The molecule has 0 unspecified atom stereocenters. The van der Waals surface area contributed by atoms with Crippen LogP contribution in [-0.2, 0) is 14.3 Å². The number of ether oxygens (including phenoxy) is 1. The fourth-order valence-corrected chi connectivity index (χ4v) is 1.44. The van der Waals surface area contributed by atoms with E-state index < -0.39 is 0 Å². The highest BCUT2D eigenvalue weighted by Gasteiger charge is 2.20. The second-order valence-corrected chi connectivity index (χ2v) is 3.68. The van der Waals surface area contributed by atoms with Crippen molar-refractivity contribution in [1.29, 1.82) is 0 Å². The van der Waals surface area contributed by atoms with E-state index in [-0.39, 0.29) is 18.3 Å². The first kappa shape index (κ1) is 11.0. The summed E-state index contributed by atoms with van der Waals surface area (Å²) in [5.74, 6) is 0.348. The molecule has 1 saturated carbocycles. The zero-order valence-electron chi connectivity index (χ0n) is 8.54. The maximum absolute atomic E-state index is 11.3. The average molecular weight is 199 g/mol. The lowest BCUT2D eigenvalue weighted by atomic mass is 9.83. The molecule has 1 aliphatic carbocycles. The minimum Gasteiger partial charge on any atom is -0.469 e. The normalized spacial score (nSPS) is 15.8. The summed E-state index contributed by atoms with van der Waals surface area (Å²) in [5.41, 5.74) is 0. The summed E-state index contributed by atoms with van der Waals surface area (Å²) in [5, 5.41) is 2.71. The molecule has 1 rings (SSSR count). The fraction of sp³-hybridized carbons (Fsp3) is 0.800. The van der Waals surface area contributed by atoms with E-state index in [1.54, 1.807) is 0 Å². The van der Waals surface area contributed by atoms with Crippen LogP contribution in [-0.4, -0.2) is 25.5 Å². The third-order valence-electron chi connectivity index (χ3n) is 2.58. The first-order valence-corrected chi connectivity index (χ1v) is 5.06. The van der Waals surface area contributed by atoms with Gasteiger partial charge in [-0.25, -0.2) is 0 Å². The number of nitrogens with one attached hydrogen (secondary N) is 1. The molecule has 0 saturated heterocycles. The highest BCUT2D eigenvalue weighted by Crippen LogP contribution is 2.28. The van der Waals surface area contributed by atoms with Crippen LogP contribution < -0.4 is 5.32 Å². The molecular weight excluding hydrogens is 182 g/mol. The molecule has 0 radical (unpaired) electrons. The summed E-state index contributed by atoms with van der Waals surface area (Å²) in [6, 6.07) is 0. The molecule has 4 nitrogen and oxygen atoms in total. The maximum Gasteiger partial charge on any atom is 0.307 e. The molecule has 80 valence electrons. The largest absolute Gasteiger partial charge is 0.469 e. The minimum absolute atomic E-state index is 0.0543. The number of carbonyl (C=O) groups is 2. The van der Waals surface area contributed by atoms with Gasteiger partial charge in [0.05, 0.1) is 13.5 Å². The van der Waals surface area contributed by atoms with Gasteiger partial charge in [-0.1, -0.05) is 6.42 Å². The summed E-state index contributed by atoms with van der Waals surface area (Å²) >= 11 is 0. The van der Waals surface area contributed by atoms with E-state index in [0.29, 0.717) is 18.9 Å². The van der Waals surface area contributed by atoms with E-state index in [0.717, 1.165) is 0 Å². The Bertz CT molecular complexity index is 211. The van der Waals surface area contributed by atoms with E-state index in [1.807, 2.05) is 0 Å². The quantitative estimate of drug-likeness (QED) is 0.668. The van der Waals surface area contributed by atoms with Crippen molar-refractivity contribution in [1.82, 2.24) is 5.32 Å². The van der Waals surface area contributed by atoms with Crippen molar-refractivity contribution >= 4 is 11.9 Å². The first-order chi connectivity index (χ1) is 6.72. The lowest BCUT2D eigenvalue weighted by Crippen LogP contribution is -2.29. The number of hydrogen-bond acceptors (Lipinski definition) is 3. The predicted molar refractivity (Wildman–Crippen MR) is 51.6 cm³/mol. The van der Waals surface area contributed by atoms with E-state index >= 15 is 0 Å². The van der Waals surface area contributed by atoms with Crippen molar-refractivity contribution in [2.75, 3.05) is 13.7 Å². The van der Waals surface area contributed by atoms with Gasteiger partial charge in [0.25, 0.3) is 0 Å². The number of esters is 1. The van der Waals surface area contributed by atoms with Gasteiger partial charge in [0.2, 0.25) is 5.91 Å². The highest BCUT2D eigenvalue weighted by molar-refractivity contribution is 5.77. The van der Waals surface area contributed by atoms with Crippen LogP contribution in [0.5, 0.6) is 0 Å². The van der Waals surface area contributed by atoms with E-state index in [9.17, 15) is 9.59 Å². The van der Waals surface area contributed by atoms with Gasteiger partial charge in [-0.3, -0.25) is 9.59 Å². The lowest BCUT2D eigenvalue weighted by molar-refractivity contribution is -0.140. The van der Waals surface area contributed by atoms with Crippen molar-refractivity contribution < 1.29 is 14.3 Å². The standard InChI is InChI=1S/C10H17NO3/c1-14-10(13)5-6-11-9(12)7-8-3-2-4-8/h8H,2-7H2,1H3,(H,11,12). The molecule has 1 fully saturated rings. The topological polar surface area (TPSA) is 55.4 Å². The molecule has 0 aromatic rings. The molecule has 1 amide bonds. The monoisotopic (exact) mass is 199 g/mol. The zero-order valence-corrected chi connectivity index (χ0v) is 8.54. The molecule has 0 aliphatic heterocycles. The van der Waals surface area contributed by atoms with Crippen LogP contribution in [0.2, 0.25) is 0 Å². The summed E-state index contributed by atoms with van der Waals surface area (Å²) in [6.07, 6.45) is 4.46. The van der Waals surface area contributed by atoms with Gasteiger partial charge >= 0.3 is 5.97 Å². The van der Waals surface area contributed by atoms with Crippen LogP contribution in [0.3, 0.4) is 0 Å². The van der Waals surface area contributed by atoms with Crippen molar-refractivity contribution in [3.8, 4) is 0 Å². The first-order valence-electron chi connectivity index (χ1n) is 5.06. The second kappa shape index (κ2) is 5.62. The Labute approximate surface area is 84.0 Å². The summed E-state index contributed by atoms with van der Waals surface area (Å²) in [4.78, 5) is 22.0. The Hall–Kier alpha value is -1.06. The number of carbonyl (C=O) groups excluding carboxylic acids is 2. The molecule has 0 spiro atoms. The van der Waals surface area contributed by atoms with Crippen molar-refractivity contribution in [3.63, 3.8) is 0 Å². The Morgan fingerprint density at radius 1 is 1.43 bits per heavy atom. The lowest BCUT2D eigenvalue weighted by Gasteiger charge is -2.24. The number of methoxy groups -OCH3 is 1. The zero-order chi connectivity index (χ0) is 10.4. The molecular formula is C10H17NO3. The van der Waals surface area contributed by atoms with Gasteiger partial charge < -0.3 is 10.1 Å². The molecule has 4 heteroatoms. The Morgan fingerprint density at radius 2 is 2.14 bits per heavy atom. The molecule has 0 aromatic carbocycles. The third kappa shape index (κ3) is 3.77. The molecule has 0 atom stereocenters. The van der Waals surface area contributed by atoms with Crippen LogP contribution in [0, 0.1) is 5.92 Å². The smallest absolute Gasteiger partial charge is 0.307 e. The number of hydrogen-bond donors (Lipinski definition) is 1. The van der Waals surface area contributed by atoms with E-state index in [4.69, 9.17) is 0 Å². The van der Waals surface area contributed by atoms with Crippen LogP contribution in [0.15, 0.2) is 0 Å². The van der Waals surface area contributed by atoms with Crippen LogP contribution in [0.25, 0.3) is 0 Å². The van der Waals surface area contributed by atoms with Crippen LogP contribution >= 0.6 is 0 Å². The van der Waals surface area contributed by atoms with Crippen molar-refractivity contribution in [3.05, 3.63) is 0 Å². The number of amides is 1.